The number of carbonyl (C=O) groups is 2. The molecule has 0 aliphatic carbocycles. The molecule has 0 saturated carbocycles. The summed E-state index contributed by atoms with van der Waals surface area (Å²) in [6.45, 7) is 9.91. The van der Waals surface area contributed by atoms with Gasteiger partial charge in [0.1, 0.15) is 16.7 Å². The molecule has 0 unspecified atom stereocenters. The SMILES string of the molecule is CC(C)[C@@H](C[C@@H](OCc1ccccc1)c1nc(C(=O)O)cs1)N(C)C(=O)OC(C)(C)C. The molecule has 0 bridgehead atoms. The predicted molar refractivity (Wildman–Crippen MR) is 120 cm³/mol. The van der Waals surface area contributed by atoms with Crippen molar-refractivity contribution >= 4 is 23.4 Å². The van der Waals surface area contributed by atoms with E-state index in [-0.39, 0.29) is 17.7 Å². The third kappa shape index (κ3) is 7.63. The zero-order valence-electron chi connectivity index (χ0n) is 19.0. The van der Waals surface area contributed by atoms with Gasteiger partial charge in [-0.25, -0.2) is 14.6 Å². The highest BCUT2D eigenvalue weighted by Crippen LogP contribution is 2.31. The lowest BCUT2D eigenvalue weighted by Gasteiger charge is -2.34. The maximum Gasteiger partial charge on any atom is 0.410 e. The van der Waals surface area contributed by atoms with Crippen LogP contribution in [-0.4, -0.2) is 45.7 Å². The molecular weight excluding hydrogens is 416 g/mol. The second-order valence-electron chi connectivity index (χ2n) is 8.80. The van der Waals surface area contributed by atoms with E-state index >= 15 is 0 Å². The summed E-state index contributed by atoms with van der Waals surface area (Å²) in [6, 6.07) is 9.56. The lowest BCUT2D eigenvalue weighted by molar-refractivity contribution is -0.00826. The van der Waals surface area contributed by atoms with E-state index in [9.17, 15) is 14.7 Å². The number of thiazole rings is 1. The molecule has 0 radical (unpaired) electrons. The number of carbonyl (C=O) groups excluding carboxylic acids is 1. The minimum atomic E-state index is -1.07. The first-order chi connectivity index (χ1) is 14.5. The van der Waals surface area contributed by atoms with E-state index in [1.54, 1.807) is 11.9 Å². The van der Waals surface area contributed by atoms with Crippen LogP contribution in [0.4, 0.5) is 4.79 Å². The Morgan fingerprint density at radius 3 is 2.35 bits per heavy atom. The Kier molecular flexibility index (Phi) is 8.59. The van der Waals surface area contributed by atoms with E-state index in [1.807, 2.05) is 65.0 Å². The second kappa shape index (κ2) is 10.7. The van der Waals surface area contributed by atoms with Crippen LogP contribution in [0.1, 0.15) is 68.2 Å². The number of carboxylic acid groups (broad SMARTS) is 1. The minimum absolute atomic E-state index is 0.00472. The molecule has 2 rings (SSSR count). The van der Waals surface area contributed by atoms with Gasteiger partial charge in [-0.2, -0.15) is 0 Å². The predicted octanol–water partition coefficient (Wildman–Crippen LogP) is 5.38. The average molecular weight is 449 g/mol. The number of amides is 1. The van der Waals surface area contributed by atoms with Crippen LogP contribution < -0.4 is 0 Å². The number of hydrogen-bond acceptors (Lipinski definition) is 6. The number of hydrogen-bond donors (Lipinski definition) is 1. The van der Waals surface area contributed by atoms with Gasteiger partial charge in [0.15, 0.2) is 5.69 Å². The Labute approximate surface area is 188 Å². The Hall–Kier alpha value is -2.45. The van der Waals surface area contributed by atoms with Crippen molar-refractivity contribution in [2.75, 3.05) is 7.05 Å². The van der Waals surface area contributed by atoms with Gasteiger partial charge in [-0.05, 0) is 32.3 Å². The van der Waals surface area contributed by atoms with Crippen molar-refractivity contribution in [1.29, 1.82) is 0 Å². The molecule has 0 saturated heterocycles. The highest BCUT2D eigenvalue weighted by molar-refractivity contribution is 7.09. The van der Waals surface area contributed by atoms with Crippen molar-refractivity contribution in [3.8, 4) is 0 Å². The highest BCUT2D eigenvalue weighted by atomic mass is 32.1. The van der Waals surface area contributed by atoms with Crippen molar-refractivity contribution in [1.82, 2.24) is 9.88 Å². The number of carboxylic acids is 1. The summed E-state index contributed by atoms with van der Waals surface area (Å²) < 4.78 is 11.7. The van der Waals surface area contributed by atoms with Crippen molar-refractivity contribution < 1.29 is 24.2 Å². The first-order valence-electron chi connectivity index (χ1n) is 10.3. The first-order valence-corrected chi connectivity index (χ1v) is 11.2. The van der Waals surface area contributed by atoms with E-state index in [0.717, 1.165) is 5.56 Å². The fourth-order valence-electron chi connectivity index (χ4n) is 3.11. The molecule has 0 aliphatic rings. The Bertz CT molecular complexity index is 860. The molecule has 170 valence electrons. The van der Waals surface area contributed by atoms with Crippen LogP contribution in [0.3, 0.4) is 0 Å². The summed E-state index contributed by atoms with van der Waals surface area (Å²) in [5.74, 6) is -0.949. The molecule has 0 aliphatic heterocycles. The number of aromatic carboxylic acids is 1. The van der Waals surface area contributed by atoms with E-state index in [1.165, 1.54) is 16.7 Å². The third-order valence-electron chi connectivity index (χ3n) is 4.71. The molecular formula is C23H32N2O5S. The Balaban J connectivity index is 2.24. The topological polar surface area (TPSA) is 89.0 Å². The summed E-state index contributed by atoms with van der Waals surface area (Å²) in [4.78, 5) is 29.8. The maximum atomic E-state index is 12.7. The number of ether oxygens (including phenoxy) is 2. The number of benzene rings is 1. The second-order valence-corrected chi connectivity index (χ2v) is 9.69. The molecule has 1 heterocycles. The van der Waals surface area contributed by atoms with Gasteiger partial charge in [0.2, 0.25) is 0 Å². The number of nitrogens with zero attached hydrogens (tertiary/aromatic N) is 2. The van der Waals surface area contributed by atoms with Crippen LogP contribution in [0.5, 0.6) is 0 Å². The van der Waals surface area contributed by atoms with Crippen LogP contribution in [-0.2, 0) is 16.1 Å². The smallest absolute Gasteiger partial charge is 0.410 e. The normalized spacial score (nSPS) is 13.6. The van der Waals surface area contributed by atoms with Gasteiger partial charge in [0, 0.05) is 24.9 Å². The van der Waals surface area contributed by atoms with Gasteiger partial charge in [0.05, 0.1) is 6.61 Å². The molecule has 1 amide bonds. The first kappa shape index (κ1) is 24.8. The third-order valence-corrected chi connectivity index (χ3v) is 5.65. The summed E-state index contributed by atoms with van der Waals surface area (Å²) in [6.07, 6.45) is -0.402. The van der Waals surface area contributed by atoms with Gasteiger partial charge >= 0.3 is 12.1 Å². The minimum Gasteiger partial charge on any atom is -0.476 e. The molecule has 2 atom stereocenters. The Morgan fingerprint density at radius 2 is 1.84 bits per heavy atom. The highest BCUT2D eigenvalue weighted by Gasteiger charge is 2.31. The van der Waals surface area contributed by atoms with Crippen molar-refractivity contribution in [2.24, 2.45) is 5.92 Å². The van der Waals surface area contributed by atoms with Crippen molar-refractivity contribution in [3.05, 3.63) is 52.0 Å². The fourth-order valence-corrected chi connectivity index (χ4v) is 3.96. The monoisotopic (exact) mass is 448 g/mol. The van der Waals surface area contributed by atoms with Crippen LogP contribution in [0.2, 0.25) is 0 Å². The molecule has 31 heavy (non-hydrogen) atoms. The molecule has 0 spiro atoms. The zero-order chi connectivity index (χ0) is 23.2. The lowest BCUT2D eigenvalue weighted by Crippen LogP contribution is -2.44. The zero-order valence-corrected chi connectivity index (χ0v) is 19.8. The van der Waals surface area contributed by atoms with Crippen LogP contribution in [0.25, 0.3) is 0 Å². The van der Waals surface area contributed by atoms with Gasteiger partial charge < -0.3 is 19.5 Å². The quantitative estimate of drug-likeness (QED) is 0.554. The number of rotatable bonds is 9. The largest absolute Gasteiger partial charge is 0.476 e. The molecule has 0 fully saturated rings. The summed E-state index contributed by atoms with van der Waals surface area (Å²) in [5.41, 5.74) is 0.404. The molecule has 7 nitrogen and oxygen atoms in total. The van der Waals surface area contributed by atoms with E-state index in [4.69, 9.17) is 9.47 Å². The molecule has 1 aromatic heterocycles. The van der Waals surface area contributed by atoms with Crippen molar-refractivity contribution in [3.63, 3.8) is 0 Å². The van der Waals surface area contributed by atoms with Gasteiger partial charge in [-0.3, -0.25) is 0 Å². The fraction of sp³-hybridized carbons (Fsp3) is 0.522. The van der Waals surface area contributed by atoms with Crippen LogP contribution in [0, 0.1) is 5.92 Å². The molecule has 2 aromatic rings. The average Bonchev–Trinajstić information content (AvgIpc) is 3.17. The van der Waals surface area contributed by atoms with E-state index in [0.29, 0.717) is 18.0 Å². The van der Waals surface area contributed by atoms with Crippen molar-refractivity contribution in [2.45, 2.75) is 65.4 Å². The van der Waals surface area contributed by atoms with E-state index < -0.39 is 23.8 Å². The van der Waals surface area contributed by atoms with Gasteiger partial charge in [-0.15, -0.1) is 11.3 Å². The lowest BCUT2D eigenvalue weighted by atomic mass is 9.96. The standard InChI is InChI=1S/C23H32N2O5S/c1-15(2)18(25(6)22(28)30-23(3,4)5)12-19(20-24-17(14-31-20)21(26)27)29-13-16-10-8-7-9-11-16/h7-11,14-15,18-19H,12-13H2,1-6H3,(H,26,27)/t18-,19-/m1/s1. The molecule has 8 heteroatoms. The Morgan fingerprint density at radius 1 is 1.19 bits per heavy atom. The van der Waals surface area contributed by atoms with Crippen LogP contribution in [0.15, 0.2) is 35.7 Å². The molecule has 1 N–H and O–H groups in total. The summed E-state index contributed by atoms with van der Waals surface area (Å²) >= 11 is 1.25. The number of aromatic nitrogens is 1. The summed E-state index contributed by atoms with van der Waals surface area (Å²) in [5, 5.41) is 11.4. The maximum absolute atomic E-state index is 12.7. The van der Waals surface area contributed by atoms with Gasteiger partial charge in [0.25, 0.3) is 0 Å². The van der Waals surface area contributed by atoms with Gasteiger partial charge in [-0.1, -0.05) is 44.2 Å². The van der Waals surface area contributed by atoms with Crippen LogP contribution >= 0.6 is 11.3 Å². The summed E-state index contributed by atoms with van der Waals surface area (Å²) in [7, 11) is 1.72. The van der Waals surface area contributed by atoms with E-state index in [2.05, 4.69) is 4.98 Å². The molecule has 1 aromatic carbocycles.